The zero-order valence-electron chi connectivity index (χ0n) is 19.7. The average Bonchev–Trinajstić information content (AvgIpc) is 3.38. The van der Waals surface area contributed by atoms with Gasteiger partial charge in [0.2, 0.25) is 11.9 Å². The number of benzene rings is 2. The van der Waals surface area contributed by atoms with Crippen molar-refractivity contribution in [3.63, 3.8) is 0 Å². The van der Waals surface area contributed by atoms with Crippen LogP contribution in [-0.4, -0.2) is 75.4 Å². The van der Waals surface area contributed by atoms with Gasteiger partial charge in [-0.1, -0.05) is 22.9 Å². The zero-order valence-corrected chi connectivity index (χ0v) is 21.3. The molecule has 182 valence electrons. The van der Waals surface area contributed by atoms with Crippen LogP contribution in [0.4, 0.5) is 11.1 Å². The summed E-state index contributed by atoms with van der Waals surface area (Å²) < 4.78 is 2.90. The number of aromatic nitrogens is 3. The van der Waals surface area contributed by atoms with Gasteiger partial charge in [-0.15, -0.1) is 0 Å². The Balaban J connectivity index is 1.30. The van der Waals surface area contributed by atoms with Gasteiger partial charge in [-0.2, -0.15) is 0 Å². The van der Waals surface area contributed by atoms with Crippen molar-refractivity contribution in [2.45, 2.75) is 13.0 Å². The molecule has 9 nitrogen and oxygen atoms in total. The van der Waals surface area contributed by atoms with Crippen LogP contribution in [0.25, 0.3) is 21.3 Å². The Hall–Kier alpha value is -3.21. The molecule has 0 saturated carbocycles. The molecule has 0 unspecified atom stereocenters. The van der Waals surface area contributed by atoms with E-state index in [0.717, 1.165) is 28.8 Å². The van der Waals surface area contributed by atoms with Gasteiger partial charge in [0.1, 0.15) is 6.04 Å². The lowest BCUT2D eigenvalue weighted by atomic mass is 10.1. The Labute approximate surface area is 211 Å². The fraction of sp³-hybridized carbons (Fsp3) is 0.333. The summed E-state index contributed by atoms with van der Waals surface area (Å²) in [6.45, 7) is 4.75. The van der Waals surface area contributed by atoms with E-state index in [2.05, 4.69) is 25.5 Å². The monoisotopic (exact) mass is 511 g/mol. The first-order valence-corrected chi connectivity index (χ1v) is 12.6. The summed E-state index contributed by atoms with van der Waals surface area (Å²) in [6.07, 6.45) is 0. The summed E-state index contributed by atoms with van der Waals surface area (Å²) in [4.78, 5) is 38.9. The molecule has 0 aliphatic carbocycles. The molecule has 0 radical (unpaired) electrons. The van der Waals surface area contributed by atoms with Gasteiger partial charge in [-0.3, -0.25) is 9.59 Å². The number of piperazine rings is 1. The molecule has 4 aromatic rings. The highest BCUT2D eigenvalue weighted by atomic mass is 35.5. The molecule has 5 rings (SSSR count). The van der Waals surface area contributed by atoms with E-state index in [1.54, 1.807) is 24.0 Å². The van der Waals surface area contributed by atoms with Gasteiger partial charge in [0.25, 0.3) is 5.91 Å². The molecule has 1 fully saturated rings. The molecule has 2 aromatic carbocycles. The summed E-state index contributed by atoms with van der Waals surface area (Å²) >= 11 is 7.58. The van der Waals surface area contributed by atoms with E-state index in [-0.39, 0.29) is 11.8 Å². The zero-order chi connectivity index (χ0) is 24.7. The van der Waals surface area contributed by atoms with Crippen LogP contribution in [0.15, 0.2) is 36.4 Å². The fourth-order valence-corrected chi connectivity index (χ4v) is 5.28. The van der Waals surface area contributed by atoms with Gasteiger partial charge in [0.15, 0.2) is 5.13 Å². The molecular weight excluding hydrogens is 486 g/mol. The lowest BCUT2D eigenvalue weighted by molar-refractivity contribution is -0.134. The minimum Gasteiger partial charge on any atom is -0.341 e. The average molecular weight is 512 g/mol. The number of fused-ring (bicyclic) bond motifs is 2. The topological polar surface area (TPSA) is 95.4 Å². The molecule has 11 heteroatoms. The molecule has 2 aromatic heterocycles. The highest BCUT2D eigenvalue weighted by Gasteiger charge is 2.25. The Kier molecular flexibility index (Phi) is 6.35. The molecule has 1 aliphatic rings. The van der Waals surface area contributed by atoms with Gasteiger partial charge < -0.3 is 25.0 Å². The Morgan fingerprint density at radius 2 is 1.80 bits per heavy atom. The maximum Gasteiger partial charge on any atom is 0.251 e. The highest BCUT2D eigenvalue weighted by Crippen LogP contribution is 2.31. The maximum atomic E-state index is 12.9. The van der Waals surface area contributed by atoms with Crippen LogP contribution in [0.5, 0.6) is 0 Å². The second-order valence-electron chi connectivity index (χ2n) is 8.78. The normalized spacial score (nSPS) is 15.5. The van der Waals surface area contributed by atoms with Crippen LogP contribution in [0.3, 0.4) is 0 Å². The van der Waals surface area contributed by atoms with Crippen molar-refractivity contribution in [3.8, 4) is 0 Å². The number of nitrogens with one attached hydrogen (secondary N) is 2. The molecule has 0 spiro atoms. The summed E-state index contributed by atoms with van der Waals surface area (Å²) in [6, 6.07) is 10.3. The van der Waals surface area contributed by atoms with Crippen molar-refractivity contribution in [1.29, 1.82) is 0 Å². The number of hydrogen-bond acceptors (Lipinski definition) is 7. The molecular formula is C24H26ClN7O2S. The fourth-order valence-electron chi connectivity index (χ4n) is 4.14. The number of hydrogen-bond donors (Lipinski definition) is 2. The van der Waals surface area contributed by atoms with Crippen molar-refractivity contribution in [2.24, 2.45) is 7.05 Å². The molecule has 0 bridgehead atoms. The van der Waals surface area contributed by atoms with E-state index in [1.165, 1.54) is 11.3 Å². The Morgan fingerprint density at radius 1 is 1.03 bits per heavy atom. The van der Waals surface area contributed by atoms with E-state index in [1.807, 2.05) is 42.9 Å². The first kappa shape index (κ1) is 23.5. The lowest BCUT2D eigenvalue weighted by Gasteiger charge is -2.34. The number of likely N-dealkylation sites (N-methyl/N-ethyl adjacent to an activating group) is 1. The van der Waals surface area contributed by atoms with Gasteiger partial charge in [0, 0.05) is 43.8 Å². The van der Waals surface area contributed by atoms with Crippen molar-refractivity contribution >= 4 is 67.1 Å². The van der Waals surface area contributed by atoms with E-state index in [0.29, 0.717) is 40.3 Å². The lowest BCUT2D eigenvalue weighted by Crippen LogP contribution is -2.53. The number of imidazole rings is 1. The summed E-state index contributed by atoms with van der Waals surface area (Å²) in [5.74, 6) is 0.250. The van der Waals surface area contributed by atoms with Crippen LogP contribution in [0.1, 0.15) is 17.3 Å². The van der Waals surface area contributed by atoms with Crippen molar-refractivity contribution in [3.05, 3.63) is 47.0 Å². The van der Waals surface area contributed by atoms with Crippen molar-refractivity contribution in [2.75, 3.05) is 38.5 Å². The van der Waals surface area contributed by atoms with Gasteiger partial charge in [-0.25, -0.2) is 9.97 Å². The number of rotatable bonds is 5. The van der Waals surface area contributed by atoms with Crippen molar-refractivity contribution in [1.82, 2.24) is 29.7 Å². The third-order valence-electron chi connectivity index (χ3n) is 6.25. The molecule has 3 heterocycles. The third kappa shape index (κ3) is 4.82. The summed E-state index contributed by atoms with van der Waals surface area (Å²) in [5.41, 5.74) is 2.86. The van der Waals surface area contributed by atoms with Gasteiger partial charge in [0.05, 0.1) is 21.3 Å². The smallest absolute Gasteiger partial charge is 0.251 e. The van der Waals surface area contributed by atoms with E-state index in [4.69, 9.17) is 11.6 Å². The summed E-state index contributed by atoms with van der Waals surface area (Å²) in [7, 11) is 3.94. The molecule has 35 heavy (non-hydrogen) atoms. The quantitative estimate of drug-likeness (QED) is 0.426. The standard InChI is InChI=1S/C24H26ClN7O2S/c1-14(22(34)32-10-8-30(2)9-11-32)26-21(33)15-4-7-19-18(12-15)27-23(31(19)3)29-24-28-17-6-5-16(25)13-20(17)35-24/h4-7,12-14H,8-11H2,1-3H3,(H,26,33)(H,27,28,29)/t14-/m0/s1. The number of aryl methyl sites for hydroxylation is 1. The molecule has 1 aliphatic heterocycles. The van der Waals surface area contributed by atoms with Crippen molar-refractivity contribution < 1.29 is 9.59 Å². The summed E-state index contributed by atoms with van der Waals surface area (Å²) in [5, 5.41) is 7.48. The van der Waals surface area contributed by atoms with Crippen LogP contribution in [0, 0.1) is 0 Å². The van der Waals surface area contributed by atoms with Gasteiger partial charge >= 0.3 is 0 Å². The molecule has 1 saturated heterocycles. The SMILES string of the molecule is C[C@H](NC(=O)c1ccc2c(c1)nc(Nc1nc3ccc(Cl)cc3s1)n2C)C(=O)N1CCN(C)CC1. The second-order valence-corrected chi connectivity index (χ2v) is 10.2. The number of halogens is 1. The number of anilines is 2. The third-order valence-corrected chi connectivity index (χ3v) is 7.41. The van der Waals surface area contributed by atoms with E-state index >= 15 is 0 Å². The Morgan fingerprint density at radius 3 is 2.57 bits per heavy atom. The van der Waals surface area contributed by atoms with Crippen LogP contribution in [-0.2, 0) is 11.8 Å². The molecule has 2 N–H and O–H groups in total. The van der Waals surface area contributed by atoms with E-state index < -0.39 is 6.04 Å². The molecule has 2 amide bonds. The minimum absolute atomic E-state index is 0.0611. The predicted octanol–water partition coefficient (Wildman–Crippen LogP) is 3.47. The minimum atomic E-state index is -0.602. The first-order chi connectivity index (χ1) is 16.8. The van der Waals surface area contributed by atoms with Crippen LogP contribution < -0.4 is 10.6 Å². The number of carbonyl (C=O) groups excluding carboxylic acids is 2. The molecule has 1 atom stereocenters. The predicted molar refractivity (Wildman–Crippen MR) is 140 cm³/mol. The largest absolute Gasteiger partial charge is 0.341 e. The van der Waals surface area contributed by atoms with Gasteiger partial charge in [-0.05, 0) is 50.4 Å². The number of thiazole rings is 1. The Bertz CT molecular complexity index is 1420. The van der Waals surface area contributed by atoms with E-state index in [9.17, 15) is 9.59 Å². The number of carbonyl (C=O) groups is 2. The number of nitrogens with zero attached hydrogens (tertiary/aromatic N) is 5. The highest BCUT2D eigenvalue weighted by molar-refractivity contribution is 7.22. The first-order valence-electron chi connectivity index (χ1n) is 11.4. The second kappa shape index (κ2) is 9.44. The van der Waals surface area contributed by atoms with Crippen LogP contribution >= 0.6 is 22.9 Å². The number of amides is 2. The maximum absolute atomic E-state index is 12.9. The van der Waals surface area contributed by atoms with Crippen LogP contribution in [0.2, 0.25) is 5.02 Å².